The van der Waals surface area contributed by atoms with Gasteiger partial charge < -0.3 is 25.2 Å². The zero-order chi connectivity index (χ0) is 28.7. The van der Waals surface area contributed by atoms with Crippen molar-refractivity contribution in [1.82, 2.24) is 19.8 Å². The highest BCUT2D eigenvalue weighted by Gasteiger charge is 2.42. The second kappa shape index (κ2) is 10.5. The van der Waals surface area contributed by atoms with Gasteiger partial charge in [-0.1, -0.05) is 23.7 Å². The van der Waals surface area contributed by atoms with Crippen molar-refractivity contribution in [3.05, 3.63) is 92.6 Å². The second-order valence-electron chi connectivity index (χ2n) is 10.5. The predicted octanol–water partition coefficient (Wildman–Crippen LogP) is 3.03. The zero-order valence-electron chi connectivity index (χ0n) is 22.3. The maximum atomic E-state index is 14.1. The van der Waals surface area contributed by atoms with E-state index < -0.39 is 23.0 Å². The lowest BCUT2D eigenvalue weighted by atomic mass is 9.99. The van der Waals surface area contributed by atoms with E-state index in [2.05, 4.69) is 20.5 Å². The van der Waals surface area contributed by atoms with Gasteiger partial charge in [0.2, 0.25) is 5.91 Å². The van der Waals surface area contributed by atoms with Crippen LogP contribution in [0.25, 0.3) is 5.76 Å². The van der Waals surface area contributed by atoms with Gasteiger partial charge in [-0.25, -0.2) is 4.39 Å². The Morgan fingerprint density at radius 1 is 1.22 bits per heavy atom. The molecule has 10 nitrogen and oxygen atoms in total. The molecule has 0 spiro atoms. The molecule has 3 aliphatic heterocycles. The summed E-state index contributed by atoms with van der Waals surface area (Å²) < 4.78 is 21.5. The van der Waals surface area contributed by atoms with Crippen LogP contribution in [0.15, 0.2) is 65.3 Å². The molecule has 3 aromatic rings. The molecule has 1 aromatic carbocycles. The molecule has 6 rings (SSSR count). The predicted molar refractivity (Wildman–Crippen MR) is 152 cm³/mol. The third-order valence-electron chi connectivity index (χ3n) is 7.36. The van der Waals surface area contributed by atoms with Crippen molar-refractivity contribution >= 4 is 40.7 Å². The molecule has 0 saturated carbocycles. The van der Waals surface area contributed by atoms with E-state index in [1.165, 1.54) is 22.5 Å². The number of anilines is 2. The number of hydrogen-bond acceptors (Lipinski definition) is 7. The average molecular weight is 579 g/mol. The Kier molecular flexibility index (Phi) is 6.90. The lowest BCUT2D eigenvalue weighted by Crippen LogP contribution is -2.60. The monoisotopic (exact) mass is 578 g/mol. The lowest BCUT2D eigenvalue weighted by molar-refractivity contribution is -0.144. The Balaban J connectivity index is 1.39. The first-order valence-corrected chi connectivity index (χ1v) is 13.6. The quantitative estimate of drug-likeness (QED) is 0.463. The molecule has 12 heteroatoms. The number of fused-ring (bicyclic) bond motifs is 2. The third-order valence-corrected chi connectivity index (χ3v) is 7.61. The molecule has 0 radical (unpaired) electrons. The van der Waals surface area contributed by atoms with E-state index in [1.54, 1.807) is 36.7 Å². The number of rotatable bonds is 6. The van der Waals surface area contributed by atoms with Gasteiger partial charge in [-0.2, -0.15) is 0 Å². The number of ether oxygens (including phenoxy) is 1. The van der Waals surface area contributed by atoms with Crippen LogP contribution < -0.4 is 21.1 Å². The average Bonchev–Trinajstić information content (AvgIpc) is 2.96. The largest absolute Gasteiger partial charge is 0.489 e. The molecule has 41 heavy (non-hydrogen) atoms. The topological polar surface area (TPSA) is 109 Å². The molecule has 3 aliphatic rings. The number of carbonyl (C=O) groups is 2. The number of pyridine rings is 2. The number of likely N-dealkylation sites (tertiary alicyclic amines) is 1. The van der Waals surface area contributed by atoms with Gasteiger partial charge in [0.25, 0.3) is 11.5 Å². The molecule has 2 amide bonds. The fraction of sp³-hybridized carbons (Fsp3) is 0.310. The van der Waals surface area contributed by atoms with Crippen molar-refractivity contribution in [2.75, 3.05) is 43.0 Å². The Labute approximate surface area is 240 Å². The second-order valence-corrected chi connectivity index (χ2v) is 11.0. The number of halogens is 2. The van der Waals surface area contributed by atoms with Crippen LogP contribution in [0.4, 0.5) is 15.9 Å². The molecule has 0 atom stereocenters. The minimum atomic E-state index is -1.45. The molecule has 2 aromatic heterocycles. The summed E-state index contributed by atoms with van der Waals surface area (Å²) >= 11 is 5.96. The smallest absolute Gasteiger partial charge is 0.265 e. The number of benzene rings is 1. The summed E-state index contributed by atoms with van der Waals surface area (Å²) in [6, 6.07) is 12.3. The van der Waals surface area contributed by atoms with Gasteiger partial charge in [0, 0.05) is 17.8 Å². The van der Waals surface area contributed by atoms with E-state index in [0.717, 1.165) is 16.9 Å². The van der Waals surface area contributed by atoms with Crippen LogP contribution in [0.1, 0.15) is 28.4 Å². The molecule has 212 valence electrons. The molecule has 0 aliphatic carbocycles. The van der Waals surface area contributed by atoms with Crippen LogP contribution in [0.5, 0.6) is 0 Å². The van der Waals surface area contributed by atoms with Gasteiger partial charge in [-0.05, 0) is 42.8 Å². The summed E-state index contributed by atoms with van der Waals surface area (Å²) in [4.78, 5) is 47.8. The Bertz CT molecular complexity index is 1600. The third kappa shape index (κ3) is 5.24. The molecule has 1 fully saturated rings. The molecule has 1 saturated heterocycles. The van der Waals surface area contributed by atoms with Crippen LogP contribution in [0.2, 0.25) is 5.02 Å². The normalized spacial score (nSPS) is 17.0. The molecule has 5 heterocycles. The minimum absolute atomic E-state index is 0.0457. The van der Waals surface area contributed by atoms with Crippen LogP contribution in [0.3, 0.4) is 0 Å². The highest BCUT2D eigenvalue weighted by atomic mass is 35.5. The standard InChI is InChI=1S/C29H28ClFN6O4/c1-29(31)16-35(17-29)24(38)15-37-26-21(11-22(28(37)40)27(39)34-12-18-4-6-19(30)7-5-18)25-23(14-33-26)36(9-10-41-25)20-3-2-8-32-13-20/h2-8,11,13,33H,9-10,12,14-17H2,1H3,(H,34,39). The van der Waals surface area contributed by atoms with E-state index in [9.17, 15) is 18.8 Å². The van der Waals surface area contributed by atoms with Crippen LogP contribution in [-0.4, -0.2) is 64.7 Å². The van der Waals surface area contributed by atoms with Crippen molar-refractivity contribution in [1.29, 1.82) is 0 Å². The fourth-order valence-corrected chi connectivity index (χ4v) is 5.47. The van der Waals surface area contributed by atoms with E-state index in [1.807, 2.05) is 12.1 Å². The van der Waals surface area contributed by atoms with Gasteiger partial charge in [-0.15, -0.1) is 0 Å². The first-order chi connectivity index (χ1) is 19.7. The molecule has 2 N–H and O–H groups in total. The maximum Gasteiger partial charge on any atom is 0.265 e. The van der Waals surface area contributed by atoms with Crippen LogP contribution >= 0.6 is 11.6 Å². The zero-order valence-corrected chi connectivity index (χ0v) is 23.1. The van der Waals surface area contributed by atoms with Crippen LogP contribution in [0, 0.1) is 0 Å². The maximum absolute atomic E-state index is 14.1. The summed E-state index contributed by atoms with van der Waals surface area (Å²) in [6.07, 6.45) is 3.45. The number of carbonyl (C=O) groups excluding carboxylic acids is 2. The van der Waals surface area contributed by atoms with Crippen molar-refractivity contribution in [3.63, 3.8) is 0 Å². The molecular weight excluding hydrogens is 551 g/mol. The van der Waals surface area contributed by atoms with E-state index in [4.69, 9.17) is 16.3 Å². The van der Waals surface area contributed by atoms with Gasteiger partial charge in [-0.3, -0.25) is 23.9 Å². The first kappa shape index (κ1) is 26.8. The van der Waals surface area contributed by atoms with Crippen molar-refractivity contribution < 1.29 is 18.7 Å². The summed E-state index contributed by atoms with van der Waals surface area (Å²) in [7, 11) is 0. The number of nitrogens with one attached hydrogen (secondary N) is 2. The van der Waals surface area contributed by atoms with E-state index in [0.29, 0.717) is 41.9 Å². The van der Waals surface area contributed by atoms with Gasteiger partial charge in [0.05, 0.1) is 49.3 Å². The summed E-state index contributed by atoms with van der Waals surface area (Å²) in [5.41, 5.74) is 0.766. The number of nitrogens with zero attached hydrogens (tertiary/aromatic N) is 4. The van der Waals surface area contributed by atoms with Gasteiger partial charge in [0.15, 0.2) is 5.76 Å². The molecule has 0 bridgehead atoms. The first-order valence-electron chi connectivity index (χ1n) is 13.3. The van der Waals surface area contributed by atoms with E-state index >= 15 is 0 Å². The van der Waals surface area contributed by atoms with E-state index in [-0.39, 0.29) is 31.7 Å². The Morgan fingerprint density at radius 2 is 2.00 bits per heavy atom. The molecular formula is C29H28ClFN6O4. The summed E-state index contributed by atoms with van der Waals surface area (Å²) in [5.74, 6) is -0.122. The molecule has 0 unspecified atom stereocenters. The summed E-state index contributed by atoms with van der Waals surface area (Å²) in [5, 5.41) is 6.63. The number of hydrogen-bond donors (Lipinski definition) is 2. The number of aromatic nitrogens is 2. The highest BCUT2D eigenvalue weighted by Crippen LogP contribution is 2.37. The summed E-state index contributed by atoms with van der Waals surface area (Å²) in [6.45, 7) is 2.44. The highest BCUT2D eigenvalue weighted by molar-refractivity contribution is 6.30. The number of amides is 2. The Morgan fingerprint density at radius 3 is 2.71 bits per heavy atom. The van der Waals surface area contributed by atoms with Crippen molar-refractivity contribution in [3.8, 4) is 0 Å². The SMILES string of the molecule is CC1(F)CN(C(=O)Cn2c3c(cc(C(=O)NCc4ccc(Cl)cc4)c2=O)C2=C(CN3)N(c3cccnc3)CCO2)C1. The minimum Gasteiger partial charge on any atom is -0.489 e. The van der Waals surface area contributed by atoms with Gasteiger partial charge in [0.1, 0.15) is 30.2 Å². The lowest BCUT2D eigenvalue weighted by Gasteiger charge is -2.42. The Hall–Kier alpha value is -4.38. The fourth-order valence-electron chi connectivity index (χ4n) is 5.34. The van der Waals surface area contributed by atoms with Gasteiger partial charge >= 0.3 is 0 Å². The number of alkyl halides is 1. The van der Waals surface area contributed by atoms with Crippen molar-refractivity contribution in [2.24, 2.45) is 0 Å². The van der Waals surface area contributed by atoms with Crippen LogP contribution in [-0.2, 0) is 22.6 Å². The van der Waals surface area contributed by atoms with Crippen molar-refractivity contribution in [2.45, 2.75) is 25.7 Å².